The highest BCUT2D eigenvalue weighted by Crippen LogP contribution is 2.22. The summed E-state index contributed by atoms with van der Waals surface area (Å²) >= 11 is 0. The third-order valence-electron chi connectivity index (χ3n) is 3.61. The predicted octanol–water partition coefficient (Wildman–Crippen LogP) is 2.74. The maximum atomic E-state index is 12.4. The first-order valence-electron chi connectivity index (χ1n) is 7.64. The minimum atomic E-state index is -0.956. The molecule has 0 N–H and O–H groups in total. The average Bonchev–Trinajstić information content (AvgIpc) is 2.59. The zero-order valence-corrected chi connectivity index (χ0v) is 14.4. The Balaban J connectivity index is 2.22. The van der Waals surface area contributed by atoms with Crippen LogP contribution in [0.1, 0.15) is 22.0 Å². The van der Waals surface area contributed by atoms with Gasteiger partial charge in [-0.15, -0.1) is 0 Å². The fourth-order valence-corrected chi connectivity index (χ4v) is 2.19. The Kier molecular flexibility index (Phi) is 5.58. The standard InChI is InChI=1S/C19H22N2O3/c1-20(2)16-12-10-15(11-13-16)19(23)24-17(18(22)21(3)4)14-8-6-5-7-9-14/h5-13,17H,1-4H3/t17-/m1/s1. The number of hydrogen-bond donors (Lipinski definition) is 0. The van der Waals surface area contributed by atoms with E-state index < -0.39 is 12.1 Å². The Labute approximate surface area is 142 Å². The van der Waals surface area contributed by atoms with Crippen molar-refractivity contribution in [2.75, 3.05) is 33.1 Å². The molecule has 0 bridgehead atoms. The Hall–Kier alpha value is -2.82. The van der Waals surface area contributed by atoms with Gasteiger partial charge in [0.25, 0.3) is 5.91 Å². The van der Waals surface area contributed by atoms with Gasteiger partial charge in [0.1, 0.15) is 0 Å². The summed E-state index contributed by atoms with van der Waals surface area (Å²) in [4.78, 5) is 28.2. The molecule has 0 saturated heterocycles. The number of benzene rings is 2. The molecule has 5 nitrogen and oxygen atoms in total. The number of carbonyl (C=O) groups is 2. The first-order chi connectivity index (χ1) is 11.4. The van der Waals surface area contributed by atoms with Crippen LogP contribution in [0.4, 0.5) is 5.69 Å². The summed E-state index contributed by atoms with van der Waals surface area (Å²) in [6.45, 7) is 0. The number of rotatable bonds is 5. The van der Waals surface area contributed by atoms with E-state index in [4.69, 9.17) is 4.74 Å². The van der Waals surface area contributed by atoms with Gasteiger partial charge in [0.15, 0.2) is 0 Å². The van der Waals surface area contributed by atoms with E-state index in [2.05, 4.69) is 0 Å². The zero-order valence-electron chi connectivity index (χ0n) is 14.4. The molecule has 0 fully saturated rings. The maximum absolute atomic E-state index is 12.4. The fourth-order valence-electron chi connectivity index (χ4n) is 2.19. The lowest BCUT2D eigenvalue weighted by atomic mass is 10.1. The molecule has 5 heteroatoms. The van der Waals surface area contributed by atoms with Crippen molar-refractivity contribution in [1.82, 2.24) is 4.90 Å². The summed E-state index contributed by atoms with van der Waals surface area (Å²) in [7, 11) is 7.12. The van der Waals surface area contributed by atoms with Gasteiger partial charge in [-0.2, -0.15) is 0 Å². The monoisotopic (exact) mass is 326 g/mol. The Morgan fingerprint density at radius 2 is 1.46 bits per heavy atom. The molecule has 0 saturated carbocycles. The highest BCUT2D eigenvalue weighted by Gasteiger charge is 2.26. The molecule has 2 aromatic carbocycles. The summed E-state index contributed by atoms with van der Waals surface area (Å²) in [5, 5.41) is 0. The molecule has 0 aromatic heterocycles. The van der Waals surface area contributed by atoms with Gasteiger partial charge in [-0.1, -0.05) is 30.3 Å². The van der Waals surface area contributed by atoms with Crippen LogP contribution in [0.5, 0.6) is 0 Å². The third-order valence-corrected chi connectivity index (χ3v) is 3.61. The van der Waals surface area contributed by atoms with Gasteiger partial charge in [-0.25, -0.2) is 4.79 Å². The molecular formula is C19H22N2O3. The van der Waals surface area contributed by atoms with Crippen LogP contribution in [0, 0.1) is 0 Å². The first kappa shape index (κ1) is 17.5. The zero-order chi connectivity index (χ0) is 17.7. The topological polar surface area (TPSA) is 49.9 Å². The predicted molar refractivity (Wildman–Crippen MR) is 94.1 cm³/mol. The smallest absolute Gasteiger partial charge is 0.339 e. The molecule has 1 atom stereocenters. The largest absolute Gasteiger partial charge is 0.444 e. The van der Waals surface area contributed by atoms with Crippen LogP contribution in [0.2, 0.25) is 0 Å². The van der Waals surface area contributed by atoms with Crippen molar-refractivity contribution < 1.29 is 14.3 Å². The third kappa shape index (κ3) is 4.13. The van der Waals surface area contributed by atoms with Crippen LogP contribution >= 0.6 is 0 Å². The van der Waals surface area contributed by atoms with E-state index in [1.165, 1.54) is 4.90 Å². The van der Waals surface area contributed by atoms with Crippen LogP contribution < -0.4 is 4.90 Å². The Bertz CT molecular complexity index is 694. The lowest BCUT2D eigenvalue weighted by Gasteiger charge is -2.21. The molecule has 0 unspecified atom stereocenters. The van der Waals surface area contributed by atoms with Gasteiger partial charge in [0.05, 0.1) is 5.56 Å². The highest BCUT2D eigenvalue weighted by atomic mass is 16.5. The number of nitrogens with zero attached hydrogens (tertiary/aromatic N) is 2. The molecule has 1 amide bonds. The van der Waals surface area contributed by atoms with E-state index in [0.29, 0.717) is 11.1 Å². The molecule has 2 aromatic rings. The molecule has 0 aliphatic rings. The number of ether oxygens (including phenoxy) is 1. The van der Waals surface area contributed by atoms with Crippen molar-refractivity contribution >= 4 is 17.6 Å². The number of anilines is 1. The average molecular weight is 326 g/mol. The van der Waals surface area contributed by atoms with Crippen molar-refractivity contribution in [2.45, 2.75) is 6.10 Å². The maximum Gasteiger partial charge on any atom is 0.339 e. The summed E-state index contributed by atoms with van der Waals surface area (Å²) < 4.78 is 5.50. The first-order valence-corrected chi connectivity index (χ1v) is 7.64. The van der Waals surface area contributed by atoms with Crippen molar-refractivity contribution in [3.05, 3.63) is 65.7 Å². The Morgan fingerprint density at radius 1 is 0.875 bits per heavy atom. The summed E-state index contributed by atoms with van der Waals surface area (Å²) in [6, 6.07) is 16.1. The second-order valence-electron chi connectivity index (χ2n) is 5.87. The second kappa shape index (κ2) is 7.64. The van der Waals surface area contributed by atoms with E-state index in [0.717, 1.165) is 5.69 Å². The van der Waals surface area contributed by atoms with Crippen molar-refractivity contribution in [1.29, 1.82) is 0 Å². The van der Waals surface area contributed by atoms with Crippen LogP contribution in [0.15, 0.2) is 54.6 Å². The number of likely N-dealkylation sites (N-methyl/N-ethyl adjacent to an activating group) is 1. The normalized spacial score (nSPS) is 11.5. The molecule has 126 valence electrons. The van der Waals surface area contributed by atoms with Gasteiger partial charge >= 0.3 is 5.97 Å². The van der Waals surface area contributed by atoms with E-state index in [9.17, 15) is 9.59 Å². The fraction of sp³-hybridized carbons (Fsp3) is 0.263. The van der Waals surface area contributed by atoms with E-state index in [-0.39, 0.29) is 5.91 Å². The molecule has 0 spiro atoms. The molecule has 0 radical (unpaired) electrons. The summed E-state index contributed by atoms with van der Waals surface area (Å²) in [5.74, 6) is -0.802. The van der Waals surface area contributed by atoms with E-state index in [1.807, 2.05) is 49.3 Å². The van der Waals surface area contributed by atoms with Crippen LogP contribution in [0.25, 0.3) is 0 Å². The SMILES string of the molecule is CN(C)C(=O)[C@H](OC(=O)c1ccc(N(C)C)cc1)c1ccccc1. The lowest BCUT2D eigenvalue weighted by Crippen LogP contribution is -2.31. The van der Waals surface area contributed by atoms with Gasteiger partial charge < -0.3 is 14.5 Å². The van der Waals surface area contributed by atoms with Gasteiger partial charge in [-0.05, 0) is 24.3 Å². The van der Waals surface area contributed by atoms with Crippen LogP contribution in [-0.2, 0) is 9.53 Å². The molecule has 24 heavy (non-hydrogen) atoms. The van der Waals surface area contributed by atoms with Gasteiger partial charge in [0.2, 0.25) is 6.10 Å². The van der Waals surface area contributed by atoms with Crippen molar-refractivity contribution in [3.8, 4) is 0 Å². The summed E-state index contributed by atoms with van der Waals surface area (Å²) in [6.07, 6.45) is -0.956. The lowest BCUT2D eigenvalue weighted by molar-refractivity contribution is -0.138. The molecule has 2 rings (SSSR count). The molecule has 0 heterocycles. The quantitative estimate of drug-likeness (QED) is 0.793. The number of carbonyl (C=O) groups excluding carboxylic acids is 2. The van der Waals surface area contributed by atoms with E-state index >= 15 is 0 Å². The molecular weight excluding hydrogens is 304 g/mol. The van der Waals surface area contributed by atoms with E-state index in [1.54, 1.807) is 38.4 Å². The highest BCUT2D eigenvalue weighted by molar-refractivity contribution is 5.93. The van der Waals surface area contributed by atoms with Gasteiger partial charge in [-0.3, -0.25) is 4.79 Å². The van der Waals surface area contributed by atoms with Crippen LogP contribution in [0.3, 0.4) is 0 Å². The van der Waals surface area contributed by atoms with Crippen molar-refractivity contribution in [2.24, 2.45) is 0 Å². The molecule has 0 aliphatic heterocycles. The van der Waals surface area contributed by atoms with Gasteiger partial charge in [0, 0.05) is 39.4 Å². The summed E-state index contributed by atoms with van der Waals surface area (Å²) in [5.41, 5.74) is 2.04. The molecule has 0 aliphatic carbocycles. The number of amides is 1. The van der Waals surface area contributed by atoms with Crippen molar-refractivity contribution in [3.63, 3.8) is 0 Å². The second-order valence-corrected chi connectivity index (χ2v) is 5.87. The number of hydrogen-bond acceptors (Lipinski definition) is 4. The minimum absolute atomic E-state index is 0.278. The minimum Gasteiger partial charge on any atom is -0.444 e. The Morgan fingerprint density at radius 3 is 1.96 bits per heavy atom. The number of esters is 1. The van der Waals surface area contributed by atoms with Crippen LogP contribution in [-0.4, -0.2) is 45.0 Å².